The first-order valence-corrected chi connectivity index (χ1v) is 6.08. The van der Waals surface area contributed by atoms with Gasteiger partial charge in [0, 0.05) is 6.42 Å². The molecule has 1 rings (SSSR count). The number of hydrogen-bond donors (Lipinski definition) is 0. The molecule has 0 N–H and O–H groups in total. The Hall–Kier alpha value is -1.18. The zero-order valence-corrected chi connectivity index (χ0v) is 10.9. The third-order valence-corrected chi connectivity index (χ3v) is 2.74. The van der Waals surface area contributed by atoms with E-state index in [1.54, 1.807) is 0 Å². The molecule has 0 radical (unpaired) electrons. The summed E-state index contributed by atoms with van der Waals surface area (Å²) in [6, 6.07) is 2.48. The molecule has 0 bridgehead atoms. The average Bonchev–Trinajstić information content (AvgIpc) is 2.26. The van der Waals surface area contributed by atoms with Crippen LogP contribution in [0.3, 0.4) is 0 Å². The largest absolute Gasteiger partial charge is 0.434 e. The van der Waals surface area contributed by atoms with Crippen molar-refractivity contribution in [2.45, 2.75) is 19.2 Å². The predicted octanol–water partition coefficient (Wildman–Crippen LogP) is 3.81. The number of rotatable bonds is 5. The van der Waals surface area contributed by atoms with E-state index in [1.165, 1.54) is 0 Å². The van der Waals surface area contributed by atoms with E-state index < -0.39 is 24.1 Å². The second-order valence-corrected chi connectivity index (χ2v) is 4.12. The first-order chi connectivity index (χ1) is 8.74. The molecule has 0 fully saturated rings. The lowest BCUT2D eigenvalue weighted by molar-refractivity contribution is -0.141. The van der Waals surface area contributed by atoms with Crippen LogP contribution in [-0.2, 0) is 17.4 Å². The van der Waals surface area contributed by atoms with Crippen molar-refractivity contribution in [2.75, 3.05) is 5.33 Å². The van der Waals surface area contributed by atoms with Crippen molar-refractivity contribution in [1.29, 1.82) is 0 Å². The standard InChI is InChI=1S/C11H8BrF5O2/c12-5-7(18)3-6-1-2-8(11(15,16)17)9(4-6)19-10(13)14/h1-2,4,10H,3,5H2. The molecule has 0 atom stereocenters. The summed E-state index contributed by atoms with van der Waals surface area (Å²) in [6.45, 7) is -3.37. The van der Waals surface area contributed by atoms with Crippen molar-refractivity contribution in [3.8, 4) is 5.75 Å². The summed E-state index contributed by atoms with van der Waals surface area (Å²) < 4.78 is 65.7. The van der Waals surface area contributed by atoms with Crippen LogP contribution in [0.5, 0.6) is 5.75 Å². The monoisotopic (exact) mass is 346 g/mol. The number of alkyl halides is 6. The summed E-state index contributed by atoms with van der Waals surface area (Å²) in [5.41, 5.74) is -1.13. The number of halogens is 6. The fourth-order valence-electron chi connectivity index (χ4n) is 1.38. The molecule has 0 amide bonds. The fraction of sp³-hybridized carbons (Fsp3) is 0.364. The van der Waals surface area contributed by atoms with Gasteiger partial charge in [0.15, 0.2) is 0 Å². The van der Waals surface area contributed by atoms with Crippen molar-refractivity contribution >= 4 is 21.7 Å². The molecular weight excluding hydrogens is 339 g/mol. The highest BCUT2D eigenvalue weighted by atomic mass is 79.9. The summed E-state index contributed by atoms with van der Waals surface area (Å²) in [4.78, 5) is 11.1. The van der Waals surface area contributed by atoms with Gasteiger partial charge in [0.05, 0.1) is 10.9 Å². The van der Waals surface area contributed by atoms with Crippen molar-refractivity contribution in [3.63, 3.8) is 0 Å². The summed E-state index contributed by atoms with van der Waals surface area (Å²) in [5.74, 6) is -1.27. The van der Waals surface area contributed by atoms with Gasteiger partial charge in [-0.05, 0) is 17.7 Å². The van der Waals surface area contributed by atoms with Crippen molar-refractivity contribution in [2.24, 2.45) is 0 Å². The maximum Gasteiger partial charge on any atom is 0.419 e. The van der Waals surface area contributed by atoms with Gasteiger partial charge in [-0.25, -0.2) is 0 Å². The van der Waals surface area contributed by atoms with Gasteiger partial charge >= 0.3 is 12.8 Å². The lowest BCUT2D eigenvalue weighted by Gasteiger charge is -2.14. The highest BCUT2D eigenvalue weighted by molar-refractivity contribution is 9.09. The molecule has 0 aliphatic rings. The Morgan fingerprint density at radius 1 is 1.32 bits per heavy atom. The molecule has 8 heteroatoms. The molecule has 0 aliphatic carbocycles. The Balaban J connectivity index is 3.11. The van der Waals surface area contributed by atoms with E-state index in [4.69, 9.17) is 0 Å². The highest BCUT2D eigenvalue weighted by Gasteiger charge is 2.35. The SMILES string of the molecule is O=C(CBr)Cc1ccc(C(F)(F)F)c(OC(F)F)c1. The third-order valence-electron chi connectivity index (χ3n) is 2.12. The highest BCUT2D eigenvalue weighted by Crippen LogP contribution is 2.37. The average molecular weight is 347 g/mol. The molecule has 1 aromatic rings. The van der Waals surface area contributed by atoms with Crippen LogP contribution < -0.4 is 4.74 Å². The van der Waals surface area contributed by atoms with Crippen molar-refractivity contribution in [1.82, 2.24) is 0 Å². The van der Waals surface area contributed by atoms with Crippen LogP contribution in [0.25, 0.3) is 0 Å². The van der Waals surface area contributed by atoms with Crippen LogP contribution in [-0.4, -0.2) is 17.7 Å². The van der Waals surface area contributed by atoms with Gasteiger partial charge < -0.3 is 4.74 Å². The molecule has 0 aromatic heterocycles. The zero-order chi connectivity index (χ0) is 14.6. The summed E-state index contributed by atoms with van der Waals surface area (Å²) in [7, 11) is 0. The van der Waals surface area contributed by atoms with Gasteiger partial charge in [0.2, 0.25) is 0 Å². The Bertz CT molecular complexity index is 459. The van der Waals surface area contributed by atoms with E-state index in [1.807, 2.05) is 0 Å². The minimum atomic E-state index is -4.80. The molecule has 0 spiro atoms. The van der Waals surface area contributed by atoms with Crippen molar-refractivity contribution in [3.05, 3.63) is 29.3 Å². The molecular formula is C11H8BrF5O2. The van der Waals surface area contributed by atoms with Crippen LogP contribution in [0.4, 0.5) is 22.0 Å². The quantitative estimate of drug-likeness (QED) is 0.598. The molecule has 0 unspecified atom stereocenters. The number of ether oxygens (including phenoxy) is 1. The van der Waals surface area contributed by atoms with E-state index in [2.05, 4.69) is 20.7 Å². The van der Waals surface area contributed by atoms with Crippen LogP contribution in [0.15, 0.2) is 18.2 Å². The molecule has 0 saturated heterocycles. The number of ketones is 1. The Labute approximate surface area is 113 Å². The number of carbonyl (C=O) groups excluding carboxylic acids is 1. The van der Waals surface area contributed by atoms with E-state index in [9.17, 15) is 26.7 Å². The van der Waals surface area contributed by atoms with Crippen LogP contribution in [0, 0.1) is 0 Å². The van der Waals surface area contributed by atoms with Crippen LogP contribution >= 0.6 is 15.9 Å². The third kappa shape index (κ3) is 4.77. The summed E-state index contributed by atoms with van der Waals surface area (Å²) in [5, 5.41) is 0.0268. The minimum Gasteiger partial charge on any atom is -0.434 e. The molecule has 0 saturated carbocycles. The Kier molecular flexibility index (Phi) is 5.28. The van der Waals surface area contributed by atoms with Crippen LogP contribution in [0.2, 0.25) is 0 Å². The number of Topliss-reactive ketones (excluding diaryl/α,β-unsaturated/α-hetero) is 1. The van der Waals surface area contributed by atoms with Gasteiger partial charge in [-0.1, -0.05) is 22.0 Å². The van der Waals surface area contributed by atoms with Gasteiger partial charge in [0.25, 0.3) is 0 Å². The first kappa shape index (κ1) is 15.9. The number of hydrogen-bond acceptors (Lipinski definition) is 2. The maximum absolute atomic E-state index is 12.6. The topological polar surface area (TPSA) is 26.3 Å². The second-order valence-electron chi connectivity index (χ2n) is 3.56. The molecule has 106 valence electrons. The number of benzene rings is 1. The molecule has 2 nitrogen and oxygen atoms in total. The lowest BCUT2D eigenvalue weighted by atomic mass is 10.1. The van der Waals surface area contributed by atoms with Gasteiger partial charge in [-0.2, -0.15) is 22.0 Å². The Morgan fingerprint density at radius 3 is 2.42 bits per heavy atom. The smallest absolute Gasteiger partial charge is 0.419 e. The van der Waals surface area contributed by atoms with E-state index in [0.717, 1.165) is 12.1 Å². The van der Waals surface area contributed by atoms with Gasteiger partial charge in [0.1, 0.15) is 11.5 Å². The fourth-order valence-corrected chi connectivity index (χ4v) is 1.58. The molecule has 1 aromatic carbocycles. The molecule has 0 heterocycles. The van der Waals surface area contributed by atoms with Crippen LogP contribution in [0.1, 0.15) is 11.1 Å². The normalized spacial score (nSPS) is 11.7. The minimum absolute atomic E-state index is 0.0268. The van der Waals surface area contributed by atoms with Gasteiger partial charge in [-0.15, -0.1) is 0 Å². The lowest BCUT2D eigenvalue weighted by Crippen LogP contribution is -2.12. The van der Waals surface area contributed by atoms with E-state index in [0.29, 0.717) is 6.07 Å². The molecule has 0 aliphatic heterocycles. The van der Waals surface area contributed by atoms with E-state index in [-0.39, 0.29) is 23.1 Å². The Morgan fingerprint density at radius 2 is 1.95 bits per heavy atom. The second kappa shape index (κ2) is 6.31. The van der Waals surface area contributed by atoms with Gasteiger partial charge in [-0.3, -0.25) is 4.79 Å². The zero-order valence-electron chi connectivity index (χ0n) is 9.31. The van der Waals surface area contributed by atoms with E-state index >= 15 is 0 Å². The first-order valence-electron chi connectivity index (χ1n) is 4.96. The number of carbonyl (C=O) groups is 1. The van der Waals surface area contributed by atoms with Crippen molar-refractivity contribution < 1.29 is 31.5 Å². The summed E-state index contributed by atoms with van der Waals surface area (Å²) >= 11 is 2.90. The molecule has 19 heavy (non-hydrogen) atoms. The summed E-state index contributed by atoms with van der Waals surface area (Å²) in [6.07, 6.45) is -4.97. The maximum atomic E-state index is 12.6. The predicted molar refractivity (Wildman–Crippen MR) is 60.6 cm³/mol.